The van der Waals surface area contributed by atoms with Crippen molar-refractivity contribution in [2.24, 2.45) is 5.16 Å². The molecule has 0 radical (unpaired) electrons. The van der Waals surface area contributed by atoms with Crippen LogP contribution in [0.3, 0.4) is 0 Å². The van der Waals surface area contributed by atoms with Gasteiger partial charge >= 0.3 is 6.18 Å². The Morgan fingerprint density at radius 3 is 1.56 bits per heavy atom. The molecule has 1 heterocycles. The summed E-state index contributed by atoms with van der Waals surface area (Å²) in [4.78, 5) is 5.33. The second-order valence-electron chi connectivity index (χ2n) is 8.88. The van der Waals surface area contributed by atoms with Gasteiger partial charge in [-0.25, -0.2) is 0 Å². The summed E-state index contributed by atoms with van der Waals surface area (Å²) in [7, 11) is -2.45. The molecule has 4 aromatic rings. The summed E-state index contributed by atoms with van der Waals surface area (Å²) in [5.41, 5.74) is -2.51. The highest BCUT2D eigenvalue weighted by Crippen LogP contribution is 2.58. The summed E-state index contributed by atoms with van der Waals surface area (Å²) in [6.07, 6.45) is -4.92. The van der Waals surface area contributed by atoms with E-state index in [9.17, 15) is 13.2 Å². The van der Waals surface area contributed by atoms with Crippen LogP contribution in [0.25, 0.3) is 0 Å². The van der Waals surface area contributed by atoms with Crippen molar-refractivity contribution >= 4 is 68.0 Å². The lowest BCUT2D eigenvalue weighted by molar-refractivity contribution is -0.275. The van der Waals surface area contributed by atoms with Gasteiger partial charge in [0.2, 0.25) is 0 Å². The van der Waals surface area contributed by atoms with E-state index in [4.69, 9.17) is 28.0 Å². The number of hydrogen-bond acceptors (Lipinski definition) is 2. The van der Waals surface area contributed by atoms with Gasteiger partial charge in [-0.05, 0) is 60.4 Å². The third kappa shape index (κ3) is 5.90. The van der Waals surface area contributed by atoms with Crippen LogP contribution in [0.5, 0.6) is 0 Å². The minimum absolute atomic E-state index is 0.0999. The lowest BCUT2D eigenvalue weighted by Crippen LogP contribution is -2.43. The van der Waals surface area contributed by atoms with Gasteiger partial charge < -0.3 is 4.84 Å². The molecule has 1 atom stereocenters. The maximum Gasteiger partial charge on any atom is 0.435 e. The van der Waals surface area contributed by atoms with Crippen LogP contribution in [0.1, 0.15) is 12.0 Å². The molecular weight excluding hydrogens is 629 g/mol. The van der Waals surface area contributed by atoms with E-state index in [0.717, 1.165) is 15.9 Å². The third-order valence-electron chi connectivity index (χ3n) is 6.58. The average molecular weight is 654 g/mol. The Balaban J connectivity index is 0.00000172. The van der Waals surface area contributed by atoms with Crippen LogP contribution in [-0.2, 0) is 10.4 Å². The van der Waals surface area contributed by atoms with E-state index in [-0.39, 0.29) is 21.8 Å². The van der Waals surface area contributed by atoms with Gasteiger partial charge in [-0.15, -0.1) is 0 Å². The summed E-state index contributed by atoms with van der Waals surface area (Å²) in [6.45, 7) is 0. The molecule has 0 saturated heterocycles. The molecule has 2 nitrogen and oxygen atoms in total. The molecule has 39 heavy (non-hydrogen) atoms. The summed E-state index contributed by atoms with van der Waals surface area (Å²) in [5, 5.41) is 7.43. The monoisotopic (exact) mass is 652 g/mol. The molecule has 0 aromatic heterocycles. The number of oxime groups is 1. The van der Waals surface area contributed by atoms with E-state index in [1.165, 1.54) is 18.2 Å². The van der Waals surface area contributed by atoms with Crippen molar-refractivity contribution in [2.45, 2.75) is 18.2 Å². The molecule has 0 aliphatic carbocycles. The lowest BCUT2D eigenvalue weighted by atomic mass is 9.88. The van der Waals surface area contributed by atoms with E-state index in [2.05, 4.69) is 21.1 Å². The molecule has 1 unspecified atom stereocenters. The fourth-order valence-corrected chi connectivity index (χ4v) is 9.61. The largest absolute Gasteiger partial charge is 0.435 e. The fraction of sp³-hybridized carbons (Fsp3) is 0.167. The first-order chi connectivity index (χ1) is 18.7. The minimum Gasteiger partial charge on any atom is -0.374 e. The second kappa shape index (κ2) is 12.4. The Morgan fingerprint density at radius 1 is 0.769 bits per heavy atom. The van der Waals surface area contributed by atoms with Crippen molar-refractivity contribution in [2.75, 3.05) is 12.0 Å². The number of alkyl halides is 4. The Kier molecular flexibility index (Phi) is 9.44. The van der Waals surface area contributed by atoms with Crippen LogP contribution < -0.4 is 15.9 Å². The maximum atomic E-state index is 14.7. The molecule has 0 bridgehead atoms. The summed E-state index contributed by atoms with van der Waals surface area (Å²) in [5.74, 6) is 1.81. The van der Waals surface area contributed by atoms with E-state index >= 15 is 0 Å². The Labute approximate surface area is 245 Å². The number of benzene rings is 4. The predicted octanol–water partition coefficient (Wildman–Crippen LogP) is 8.53. The van der Waals surface area contributed by atoms with Crippen LogP contribution >= 0.6 is 46.4 Å². The van der Waals surface area contributed by atoms with Gasteiger partial charge in [0, 0.05) is 22.0 Å². The topological polar surface area (TPSA) is 21.6 Å². The molecule has 4 aromatic carbocycles. The Hall–Kier alpha value is -2.37. The molecule has 202 valence electrons. The normalized spacial score (nSPS) is 17.1. The zero-order valence-corrected chi connectivity index (χ0v) is 24.9. The molecule has 0 fully saturated rings. The van der Waals surface area contributed by atoms with Crippen LogP contribution in [0.15, 0.2) is 114 Å². The first kappa shape index (κ1) is 29.6. The maximum absolute atomic E-state index is 14.7. The van der Waals surface area contributed by atoms with E-state index in [0.29, 0.717) is 5.71 Å². The van der Waals surface area contributed by atoms with E-state index in [1.54, 1.807) is 0 Å². The zero-order valence-electron chi connectivity index (χ0n) is 20.9. The van der Waals surface area contributed by atoms with Crippen molar-refractivity contribution in [3.05, 3.63) is 125 Å². The molecule has 9 heteroatoms. The third-order valence-corrected chi connectivity index (χ3v) is 11.4. The highest BCUT2D eigenvalue weighted by atomic mass is 79.9. The van der Waals surface area contributed by atoms with Crippen LogP contribution in [-0.4, -0.2) is 23.9 Å². The zero-order chi connectivity index (χ0) is 28.1. The molecule has 0 N–H and O–H groups in total. The predicted molar refractivity (Wildman–Crippen MR) is 162 cm³/mol. The van der Waals surface area contributed by atoms with Gasteiger partial charge in [0.05, 0.1) is 0 Å². The first-order valence-electron chi connectivity index (χ1n) is 11.9. The van der Waals surface area contributed by atoms with Crippen molar-refractivity contribution in [1.82, 2.24) is 0 Å². The van der Waals surface area contributed by atoms with Crippen molar-refractivity contribution < 1.29 is 18.0 Å². The highest BCUT2D eigenvalue weighted by Gasteiger charge is 2.63. The molecule has 1 aliphatic heterocycles. The van der Waals surface area contributed by atoms with Crippen molar-refractivity contribution in [3.63, 3.8) is 0 Å². The van der Waals surface area contributed by atoms with Crippen LogP contribution in [0, 0.1) is 0 Å². The Bertz CT molecular complexity index is 1310. The Morgan fingerprint density at radius 2 is 1.18 bits per heavy atom. The second-order valence-corrected chi connectivity index (χ2v) is 13.2. The standard InChI is InChI=1S/C29H22Cl2F3NOP.CH3Br/c30-22-16-21(17-23(31)18-22)28(29(32,33)34)19-24(35-36-28)20-37(25-10-4-1-5-11-25,26-12-6-2-7-13-26)27-14-8-3-9-15-27;1-2/h1-18H,19-20H2;1H3/q+1;. The van der Waals surface area contributed by atoms with Crippen molar-refractivity contribution in [1.29, 1.82) is 0 Å². The lowest BCUT2D eigenvalue weighted by Gasteiger charge is -2.30. The summed E-state index contributed by atoms with van der Waals surface area (Å²) >= 11 is 15.1. The van der Waals surface area contributed by atoms with Gasteiger partial charge in [-0.3, -0.25) is 0 Å². The van der Waals surface area contributed by atoms with Crippen LogP contribution in [0.4, 0.5) is 13.2 Å². The molecular formula is C30H25BrCl2F3NOP+. The SMILES string of the molecule is CBr.FC(F)(F)C1(c2cc(Cl)cc(Cl)c2)CC(C[P+](c2ccccc2)(c2ccccc2)c2ccccc2)=NO1. The van der Waals surface area contributed by atoms with Crippen molar-refractivity contribution in [3.8, 4) is 0 Å². The smallest absolute Gasteiger partial charge is 0.374 e. The number of halogens is 6. The number of nitrogens with zero attached hydrogens (tertiary/aromatic N) is 1. The van der Waals surface area contributed by atoms with Gasteiger partial charge in [0.15, 0.2) is 0 Å². The fourth-order valence-electron chi connectivity index (χ4n) is 4.88. The van der Waals surface area contributed by atoms with Gasteiger partial charge in [0.1, 0.15) is 35.0 Å². The van der Waals surface area contributed by atoms with E-state index in [1.807, 2.05) is 96.8 Å². The van der Waals surface area contributed by atoms with Crippen LogP contribution in [0.2, 0.25) is 10.0 Å². The number of rotatable bonds is 6. The minimum atomic E-state index is -4.75. The number of hydrogen-bond donors (Lipinski definition) is 0. The summed E-state index contributed by atoms with van der Waals surface area (Å²) < 4.78 is 44.0. The molecule has 0 amide bonds. The average Bonchev–Trinajstić information content (AvgIpc) is 3.39. The molecule has 5 rings (SSSR count). The van der Waals surface area contributed by atoms with Gasteiger partial charge in [0.25, 0.3) is 5.60 Å². The molecule has 0 spiro atoms. The van der Waals surface area contributed by atoms with Gasteiger partial charge in [-0.1, -0.05) is 98.9 Å². The van der Waals surface area contributed by atoms with Gasteiger partial charge in [-0.2, -0.15) is 13.2 Å². The quantitative estimate of drug-likeness (QED) is 0.151. The molecule has 0 saturated carbocycles. The van der Waals surface area contributed by atoms with E-state index < -0.39 is 25.5 Å². The highest BCUT2D eigenvalue weighted by molar-refractivity contribution is 9.08. The summed E-state index contributed by atoms with van der Waals surface area (Å²) in [6, 6.07) is 33.6. The molecule has 1 aliphatic rings. The first-order valence-corrected chi connectivity index (χ1v) is 16.3.